The Morgan fingerprint density at radius 1 is 1.25 bits per heavy atom. The van der Waals surface area contributed by atoms with Crippen LogP contribution in [0.25, 0.3) is 0 Å². The van der Waals surface area contributed by atoms with Crippen LogP contribution in [0.4, 0.5) is 11.4 Å². The van der Waals surface area contributed by atoms with Crippen LogP contribution in [0, 0.1) is 0 Å². The zero-order valence-electron chi connectivity index (χ0n) is 6.58. The van der Waals surface area contributed by atoms with E-state index < -0.39 is 0 Å². The monoisotopic (exact) mass is 165 g/mol. The van der Waals surface area contributed by atoms with Crippen molar-refractivity contribution < 1.29 is 4.79 Å². The van der Waals surface area contributed by atoms with E-state index in [0.717, 1.165) is 5.56 Å². The van der Waals surface area contributed by atoms with Gasteiger partial charge in [-0.15, -0.1) is 0 Å². The molecule has 0 aliphatic rings. The minimum atomic E-state index is -0.376. The normalized spacial score (nSPS) is 9.67. The fourth-order valence-corrected chi connectivity index (χ4v) is 0.935. The Morgan fingerprint density at radius 2 is 1.92 bits per heavy atom. The van der Waals surface area contributed by atoms with Gasteiger partial charge in [-0.1, -0.05) is 6.07 Å². The van der Waals surface area contributed by atoms with Gasteiger partial charge >= 0.3 is 0 Å². The lowest BCUT2D eigenvalue weighted by molar-refractivity contribution is -0.117. The number of nitrogen functional groups attached to an aromatic ring is 2. The molecule has 0 saturated heterocycles. The number of carbonyl (C=O) groups is 1. The van der Waals surface area contributed by atoms with Gasteiger partial charge in [-0.2, -0.15) is 0 Å². The van der Waals surface area contributed by atoms with E-state index in [1.54, 1.807) is 18.2 Å². The van der Waals surface area contributed by atoms with E-state index in [1.165, 1.54) is 0 Å². The predicted molar refractivity (Wildman–Crippen MR) is 48.2 cm³/mol. The number of hydrogen-bond acceptors (Lipinski definition) is 3. The summed E-state index contributed by atoms with van der Waals surface area (Å²) in [6, 6.07) is 5.05. The highest BCUT2D eigenvalue weighted by Gasteiger charge is 2.00. The molecule has 0 saturated carbocycles. The first kappa shape index (κ1) is 8.39. The lowest BCUT2D eigenvalue weighted by Gasteiger charge is -2.02. The van der Waals surface area contributed by atoms with Crippen LogP contribution in [0.15, 0.2) is 18.2 Å². The Hall–Kier alpha value is -1.71. The Balaban J connectivity index is 2.89. The molecular weight excluding hydrogens is 154 g/mol. The van der Waals surface area contributed by atoms with Crippen LogP contribution in [0.3, 0.4) is 0 Å². The quantitative estimate of drug-likeness (QED) is 0.533. The summed E-state index contributed by atoms with van der Waals surface area (Å²) >= 11 is 0. The topological polar surface area (TPSA) is 95.1 Å². The van der Waals surface area contributed by atoms with Crippen molar-refractivity contribution in [2.24, 2.45) is 5.73 Å². The first-order valence-corrected chi connectivity index (χ1v) is 3.52. The summed E-state index contributed by atoms with van der Waals surface area (Å²) in [5.74, 6) is -0.376. The summed E-state index contributed by atoms with van der Waals surface area (Å²) < 4.78 is 0. The number of amides is 1. The summed E-state index contributed by atoms with van der Waals surface area (Å²) in [4.78, 5) is 10.5. The van der Waals surface area contributed by atoms with E-state index in [9.17, 15) is 4.79 Å². The maximum absolute atomic E-state index is 10.5. The Morgan fingerprint density at radius 3 is 2.42 bits per heavy atom. The van der Waals surface area contributed by atoms with Crippen molar-refractivity contribution in [2.45, 2.75) is 6.42 Å². The number of anilines is 2. The zero-order valence-corrected chi connectivity index (χ0v) is 6.58. The zero-order chi connectivity index (χ0) is 9.14. The van der Waals surface area contributed by atoms with Crippen molar-refractivity contribution in [1.29, 1.82) is 0 Å². The second-order valence-corrected chi connectivity index (χ2v) is 2.61. The number of nitrogens with two attached hydrogens (primary N) is 3. The molecule has 1 rings (SSSR count). The molecule has 0 aromatic heterocycles. The molecule has 0 heterocycles. The average Bonchev–Trinajstić information content (AvgIpc) is 1.96. The van der Waals surface area contributed by atoms with E-state index >= 15 is 0 Å². The van der Waals surface area contributed by atoms with Crippen molar-refractivity contribution in [3.63, 3.8) is 0 Å². The van der Waals surface area contributed by atoms with Gasteiger partial charge in [0, 0.05) is 0 Å². The Bertz CT molecular complexity index is 309. The van der Waals surface area contributed by atoms with Crippen LogP contribution in [-0.4, -0.2) is 5.91 Å². The molecule has 64 valence electrons. The predicted octanol–water partition coefficient (Wildman–Crippen LogP) is -0.121. The molecule has 1 aromatic rings. The lowest BCUT2D eigenvalue weighted by Crippen LogP contribution is -2.13. The first-order valence-electron chi connectivity index (χ1n) is 3.52. The van der Waals surface area contributed by atoms with Crippen LogP contribution < -0.4 is 17.2 Å². The number of primary amides is 1. The third-order valence-electron chi connectivity index (χ3n) is 1.53. The SMILES string of the molecule is NC(=O)Cc1ccc(N)c(N)c1. The van der Waals surface area contributed by atoms with Gasteiger partial charge in [0.15, 0.2) is 0 Å². The van der Waals surface area contributed by atoms with Crippen molar-refractivity contribution >= 4 is 17.3 Å². The third-order valence-corrected chi connectivity index (χ3v) is 1.53. The average molecular weight is 165 g/mol. The fraction of sp³-hybridized carbons (Fsp3) is 0.125. The number of benzene rings is 1. The number of hydrogen-bond donors (Lipinski definition) is 3. The molecule has 1 aromatic carbocycles. The molecule has 0 unspecified atom stereocenters. The van der Waals surface area contributed by atoms with E-state index in [2.05, 4.69) is 0 Å². The molecule has 4 nitrogen and oxygen atoms in total. The van der Waals surface area contributed by atoms with Crippen LogP contribution in [0.2, 0.25) is 0 Å². The number of rotatable bonds is 2. The summed E-state index contributed by atoms with van der Waals surface area (Å²) in [6.45, 7) is 0. The van der Waals surface area contributed by atoms with Crippen LogP contribution in [0.1, 0.15) is 5.56 Å². The smallest absolute Gasteiger partial charge is 0.221 e. The van der Waals surface area contributed by atoms with Gasteiger partial charge in [0.2, 0.25) is 5.91 Å². The maximum atomic E-state index is 10.5. The van der Waals surface area contributed by atoms with Gasteiger partial charge in [0.1, 0.15) is 0 Å². The van der Waals surface area contributed by atoms with E-state index in [1.807, 2.05) is 0 Å². The van der Waals surface area contributed by atoms with Gasteiger partial charge in [0.25, 0.3) is 0 Å². The van der Waals surface area contributed by atoms with Gasteiger partial charge in [-0.05, 0) is 17.7 Å². The lowest BCUT2D eigenvalue weighted by atomic mass is 10.1. The minimum absolute atomic E-state index is 0.199. The third kappa shape index (κ3) is 1.88. The maximum Gasteiger partial charge on any atom is 0.221 e. The van der Waals surface area contributed by atoms with Gasteiger partial charge in [0.05, 0.1) is 17.8 Å². The molecule has 0 aliphatic carbocycles. The second kappa shape index (κ2) is 3.13. The highest BCUT2D eigenvalue weighted by Crippen LogP contribution is 2.15. The summed E-state index contributed by atoms with van der Waals surface area (Å²) in [7, 11) is 0. The standard InChI is InChI=1S/C8H11N3O/c9-6-2-1-5(3-7(6)10)4-8(11)12/h1-3H,4,9-10H2,(H2,11,12). The Kier molecular flexibility index (Phi) is 2.19. The molecule has 0 fully saturated rings. The largest absolute Gasteiger partial charge is 0.397 e. The van der Waals surface area contributed by atoms with E-state index in [0.29, 0.717) is 11.4 Å². The van der Waals surface area contributed by atoms with Crippen LogP contribution >= 0.6 is 0 Å². The highest BCUT2D eigenvalue weighted by atomic mass is 16.1. The molecule has 0 aliphatic heterocycles. The minimum Gasteiger partial charge on any atom is -0.397 e. The second-order valence-electron chi connectivity index (χ2n) is 2.61. The molecule has 0 atom stereocenters. The molecular formula is C8H11N3O. The molecule has 12 heavy (non-hydrogen) atoms. The van der Waals surface area contributed by atoms with Crippen molar-refractivity contribution in [1.82, 2.24) is 0 Å². The molecule has 4 heteroatoms. The van der Waals surface area contributed by atoms with Gasteiger partial charge in [-0.25, -0.2) is 0 Å². The van der Waals surface area contributed by atoms with Gasteiger partial charge < -0.3 is 17.2 Å². The molecule has 6 N–H and O–H groups in total. The first-order chi connectivity index (χ1) is 5.59. The van der Waals surface area contributed by atoms with Crippen LogP contribution in [0.5, 0.6) is 0 Å². The Labute approximate surface area is 70.3 Å². The highest BCUT2D eigenvalue weighted by molar-refractivity contribution is 5.77. The summed E-state index contributed by atoms with van der Waals surface area (Å²) in [5.41, 5.74) is 17.8. The van der Waals surface area contributed by atoms with E-state index in [4.69, 9.17) is 17.2 Å². The molecule has 0 radical (unpaired) electrons. The van der Waals surface area contributed by atoms with Gasteiger partial charge in [-0.3, -0.25) is 4.79 Å². The van der Waals surface area contributed by atoms with Crippen LogP contribution in [-0.2, 0) is 11.2 Å². The summed E-state index contributed by atoms with van der Waals surface area (Å²) in [5, 5.41) is 0. The molecule has 0 bridgehead atoms. The number of carbonyl (C=O) groups excluding carboxylic acids is 1. The molecule has 1 amide bonds. The van der Waals surface area contributed by atoms with E-state index in [-0.39, 0.29) is 12.3 Å². The van der Waals surface area contributed by atoms with Crippen molar-refractivity contribution in [3.8, 4) is 0 Å². The van der Waals surface area contributed by atoms with Crippen molar-refractivity contribution in [3.05, 3.63) is 23.8 Å². The molecule has 0 spiro atoms. The summed E-state index contributed by atoms with van der Waals surface area (Å²) in [6.07, 6.45) is 0.199. The van der Waals surface area contributed by atoms with Crippen molar-refractivity contribution in [2.75, 3.05) is 11.5 Å². The fourth-order valence-electron chi connectivity index (χ4n) is 0.935.